The zero-order chi connectivity index (χ0) is 39.4. The van der Waals surface area contributed by atoms with E-state index in [0.29, 0.717) is 19.3 Å². The minimum absolute atomic E-state index is 0.0231. The summed E-state index contributed by atoms with van der Waals surface area (Å²) >= 11 is 0. The molecule has 5 heterocycles. The number of fused-ring (bicyclic) bond motifs is 3. The van der Waals surface area contributed by atoms with Gasteiger partial charge in [-0.3, -0.25) is 9.69 Å². The van der Waals surface area contributed by atoms with Gasteiger partial charge in [-0.05, 0) is 80.8 Å². The molecule has 5 fully saturated rings. The Hall–Kier alpha value is -1.01. The molecule has 5 rings (SSSR count). The Balaban J connectivity index is 1.63. The number of hydrogen-bond acceptors (Lipinski definition) is 14. The first-order chi connectivity index (χ1) is 24.7. The minimum Gasteiger partial charge on any atom is -0.459 e. The van der Waals surface area contributed by atoms with E-state index in [1.165, 1.54) is 0 Å². The lowest BCUT2D eigenvalue weighted by molar-refractivity contribution is -0.321. The summed E-state index contributed by atoms with van der Waals surface area (Å²) in [7, 11) is 5.42. The van der Waals surface area contributed by atoms with Crippen molar-refractivity contribution in [2.75, 3.05) is 34.7 Å². The number of cyclic esters (lactones) is 1. The van der Waals surface area contributed by atoms with Crippen LogP contribution in [0.25, 0.3) is 0 Å². The van der Waals surface area contributed by atoms with Crippen LogP contribution in [0.5, 0.6) is 0 Å². The summed E-state index contributed by atoms with van der Waals surface area (Å²) in [5, 5.41) is 34.9. The normalized spacial score (nSPS) is 51.9. The highest BCUT2D eigenvalue weighted by Gasteiger charge is 2.57. The highest BCUT2D eigenvalue weighted by molar-refractivity contribution is 5.73. The molecule has 0 aromatic carbocycles. The molecule has 14 heteroatoms. The Morgan fingerprint density at radius 3 is 2.26 bits per heavy atom. The Morgan fingerprint density at radius 1 is 0.962 bits per heavy atom. The van der Waals surface area contributed by atoms with Crippen LogP contribution >= 0.6 is 0 Å². The van der Waals surface area contributed by atoms with Crippen molar-refractivity contribution in [2.24, 2.45) is 23.7 Å². The zero-order valence-electron chi connectivity index (χ0n) is 34.4. The number of ether oxygens (including phenoxy) is 8. The smallest absolute Gasteiger partial charge is 0.311 e. The van der Waals surface area contributed by atoms with E-state index < -0.39 is 89.9 Å². The van der Waals surface area contributed by atoms with Gasteiger partial charge in [0.2, 0.25) is 0 Å². The number of likely N-dealkylation sites (N-methyl/N-ethyl adjacent to an activating group) is 1. The average Bonchev–Trinajstić information content (AvgIpc) is 3.22. The van der Waals surface area contributed by atoms with E-state index in [1.807, 2.05) is 53.6 Å². The molecule has 0 aliphatic carbocycles. The number of aliphatic hydroxyl groups is 3. The Bertz CT molecular complexity index is 1240. The molecule has 14 nitrogen and oxygen atoms in total. The van der Waals surface area contributed by atoms with E-state index in [-0.39, 0.29) is 49.9 Å². The van der Waals surface area contributed by atoms with Gasteiger partial charge < -0.3 is 58.1 Å². The molecule has 0 aromatic heterocycles. The van der Waals surface area contributed by atoms with E-state index in [0.717, 1.165) is 0 Å². The molecular weight excluding hydrogens is 688 g/mol. The fourth-order valence-corrected chi connectivity index (χ4v) is 10.3. The lowest BCUT2D eigenvalue weighted by atomic mass is 9.72. The molecule has 0 unspecified atom stereocenters. The summed E-state index contributed by atoms with van der Waals surface area (Å²) < 4.78 is 51.9. The van der Waals surface area contributed by atoms with Crippen LogP contribution in [0.2, 0.25) is 0 Å². The van der Waals surface area contributed by atoms with Crippen molar-refractivity contribution in [1.82, 2.24) is 9.80 Å². The summed E-state index contributed by atoms with van der Waals surface area (Å²) in [6.45, 7) is 19.7. The molecule has 3 N–H and O–H groups in total. The van der Waals surface area contributed by atoms with Crippen LogP contribution in [-0.4, -0.2) is 156 Å². The lowest BCUT2D eigenvalue weighted by Crippen LogP contribution is -2.64. The van der Waals surface area contributed by atoms with Gasteiger partial charge in [-0.25, -0.2) is 0 Å². The van der Waals surface area contributed by atoms with Crippen LogP contribution in [0, 0.1) is 23.7 Å². The summed E-state index contributed by atoms with van der Waals surface area (Å²) in [6.07, 6.45) is -5.90. The summed E-state index contributed by atoms with van der Waals surface area (Å²) in [4.78, 5) is 18.5. The number of methoxy groups -OCH3 is 1. The third kappa shape index (κ3) is 8.36. The number of hydrogen-bond donors (Lipinski definition) is 3. The van der Waals surface area contributed by atoms with Crippen LogP contribution in [0.4, 0.5) is 0 Å². The van der Waals surface area contributed by atoms with Crippen molar-refractivity contribution in [1.29, 1.82) is 0 Å². The van der Waals surface area contributed by atoms with Gasteiger partial charge in [0.05, 0.1) is 47.6 Å². The first kappa shape index (κ1) is 43.1. The maximum absolute atomic E-state index is 14.4. The van der Waals surface area contributed by atoms with Crippen LogP contribution in [-0.2, 0) is 42.7 Å². The van der Waals surface area contributed by atoms with Crippen molar-refractivity contribution >= 4 is 5.97 Å². The van der Waals surface area contributed by atoms with E-state index in [1.54, 1.807) is 27.9 Å². The van der Waals surface area contributed by atoms with Crippen molar-refractivity contribution in [3.8, 4) is 0 Å². The molecule has 0 radical (unpaired) electrons. The van der Waals surface area contributed by atoms with Crippen molar-refractivity contribution in [2.45, 2.75) is 185 Å². The molecule has 19 atom stereocenters. The monoisotopic (exact) mass is 758 g/mol. The predicted octanol–water partition coefficient (Wildman–Crippen LogP) is 2.88. The van der Waals surface area contributed by atoms with E-state index >= 15 is 0 Å². The number of nitrogens with zero attached hydrogens (tertiary/aromatic N) is 2. The minimum atomic E-state index is -1.49. The zero-order valence-corrected chi connectivity index (χ0v) is 34.4. The van der Waals surface area contributed by atoms with Crippen molar-refractivity contribution in [3.05, 3.63) is 0 Å². The number of carbonyl (C=O) groups is 1. The molecule has 308 valence electrons. The second-order valence-electron chi connectivity index (χ2n) is 17.8. The summed E-state index contributed by atoms with van der Waals surface area (Å²) in [6, 6.07) is -0.233. The molecule has 5 saturated heterocycles. The Kier molecular flexibility index (Phi) is 13.4. The molecule has 3 bridgehead atoms. The molecule has 5 aliphatic rings. The van der Waals surface area contributed by atoms with Gasteiger partial charge in [0.25, 0.3) is 0 Å². The average molecular weight is 759 g/mol. The van der Waals surface area contributed by atoms with Gasteiger partial charge in [0.15, 0.2) is 12.6 Å². The number of carbonyl (C=O) groups excluding carboxylic acids is 1. The molecule has 0 amide bonds. The second-order valence-corrected chi connectivity index (χ2v) is 17.8. The quantitative estimate of drug-likeness (QED) is 0.326. The van der Waals surface area contributed by atoms with Crippen molar-refractivity contribution in [3.63, 3.8) is 0 Å². The standard InChI is InChI=1S/C39H70N2O12/c1-14-27-39(10,45)34-22(4)29-20(2)16-38(9,48-19-41(29)18-47-34)33(53-36-30(42)26(40(11)12)15-21(3)49-36)23(5)31(24(6)35(44)51-27)52-28-17-37(8,46-13)32(43)25(7)50-28/h20-34,36,42-43,45H,14-19H2,1-13H3/t20-,21-,22+,23+,24-,25+,26+,27-,28+,29+,30-,31+,32+,33-,34-,36+,37-,38-,39-/m1/s1. The molecule has 53 heavy (non-hydrogen) atoms. The number of rotatable bonds is 7. The SMILES string of the molecule is CC[C@H]1OC(=O)[C@H](C)[C@@H](O[C@H]2C[C@@](C)(OC)[C@@H](O)[C@H](C)O2)[C@H](C)[C@@H](O[C@@H]2O[C@H](C)C[C@H](N(C)C)[C@H]2O)[C@@]2(C)C[C@@H](C)[C@H]3[C@H](C)[C@@H](OCN3CO2)[C@]1(C)O. The molecule has 0 spiro atoms. The molecular formula is C39H70N2O12. The number of esters is 1. The topological polar surface area (TPSA) is 158 Å². The molecule has 0 saturated carbocycles. The summed E-state index contributed by atoms with van der Waals surface area (Å²) in [5.41, 5.74) is -3.43. The summed E-state index contributed by atoms with van der Waals surface area (Å²) in [5.74, 6) is -2.09. The third-order valence-corrected chi connectivity index (χ3v) is 13.4. The van der Waals surface area contributed by atoms with Crippen LogP contribution in [0.1, 0.15) is 94.9 Å². The van der Waals surface area contributed by atoms with Crippen molar-refractivity contribution < 1.29 is 58.0 Å². The van der Waals surface area contributed by atoms with Gasteiger partial charge in [-0.15, -0.1) is 0 Å². The maximum Gasteiger partial charge on any atom is 0.311 e. The third-order valence-electron chi connectivity index (χ3n) is 13.4. The predicted molar refractivity (Wildman–Crippen MR) is 194 cm³/mol. The molecule has 5 aliphatic heterocycles. The lowest BCUT2D eigenvalue weighted by Gasteiger charge is -2.51. The Morgan fingerprint density at radius 2 is 1.64 bits per heavy atom. The van der Waals surface area contributed by atoms with Gasteiger partial charge in [0, 0.05) is 37.5 Å². The first-order valence-electron chi connectivity index (χ1n) is 19.8. The fourth-order valence-electron chi connectivity index (χ4n) is 10.3. The van der Waals surface area contributed by atoms with Gasteiger partial charge in [-0.2, -0.15) is 0 Å². The van der Waals surface area contributed by atoms with Gasteiger partial charge >= 0.3 is 5.97 Å². The Labute approximate surface area is 317 Å². The maximum atomic E-state index is 14.4. The number of aliphatic hydroxyl groups excluding tert-OH is 2. The van der Waals surface area contributed by atoms with Crippen LogP contribution in [0.15, 0.2) is 0 Å². The van der Waals surface area contributed by atoms with Crippen LogP contribution < -0.4 is 0 Å². The first-order valence-corrected chi connectivity index (χ1v) is 19.8. The fraction of sp³-hybridized carbons (Fsp3) is 0.974. The van der Waals surface area contributed by atoms with E-state index in [4.69, 9.17) is 37.9 Å². The largest absolute Gasteiger partial charge is 0.459 e. The highest BCUT2D eigenvalue weighted by Crippen LogP contribution is 2.46. The second kappa shape index (κ2) is 16.5. The van der Waals surface area contributed by atoms with Gasteiger partial charge in [0.1, 0.15) is 37.4 Å². The van der Waals surface area contributed by atoms with Crippen LogP contribution in [0.3, 0.4) is 0 Å². The molecule has 0 aromatic rings. The van der Waals surface area contributed by atoms with E-state index in [2.05, 4.69) is 18.7 Å². The highest BCUT2D eigenvalue weighted by atomic mass is 16.7. The van der Waals surface area contributed by atoms with E-state index in [9.17, 15) is 20.1 Å². The van der Waals surface area contributed by atoms with Gasteiger partial charge in [-0.1, -0.05) is 27.7 Å².